The first-order valence-electron chi connectivity index (χ1n) is 6.70. The molecule has 0 spiro atoms. The lowest BCUT2D eigenvalue weighted by molar-refractivity contribution is 1.02. The van der Waals surface area contributed by atoms with Gasteiger partial charge in [-0.15, -0.1) is 11.3 Å². The maximum absolute atomic E-state index is 2.31. The van der Waals surface area contributed by atoms with Crippen molar-refractivity contribution in [2.75, 3.05) is 0 Å². The van der Waals surface area contributed by atoms with Crippen LogP contribution in [0.1, 0.15) is 16.9 Å². The lowest BCUT2D eigenvalue weighted by Gasteiger charge is -2.07. The fourth-order valence-corrected chi connectivity index (χ4v) is 4.09. The lowest BCUT2D eigenvalue weighted by atomic mass is 9.96. The largest absolute Gasteiger partial charge is 0.140 e. The molecule has 1 aromatic heterocycles. The Balaban J connectivity index is 2.07. The van der Waals surface area contributed by atoms with E-state index in [1.54, 1.807) is 4.88 Å². The summed E-state index contributed by atoms with van der Waals surface area (Å²) in [7, 11) is 0. The minimum atomic E-state index is 1.18. The van der Waals surface area contributed by atoms with Crippen molar-refractivity contribution >= 4 is 27.5 Å². The summed E-state index contributed by atoms with van der Waals surface area (Å²) < 4.78 is 1.41. The molecule has 1 aliphatic carbocycles. The van der Waals surface area contributed by atoms with Crippen molar-refractivity contribution < 1.29 is 0 Å². The predicted molar refractivity (Wildman–Crippen MR) is 84.6 cm³/mol. The van der Waals surface area contributed by atoms with Gasteiger partial charge in [0.15, 0.2) is 0 Å². The molecule has 1 aliphatic rings. The number of allylic oxidation sites excluding steroid dienone is 1. The lowest BCUT2D eigenvalue weighted by Crippen LogP contribution is -1.88. The van der Waals surface area contributed by atoms with Gasteiger partial charge < -0.3 is 0 Å². The average molecular weight is 262 g/mol. The van der Waals surface area contributed by atoms with E-state index < -0.39 is 0 Å². The zero-order chi connectivity index (χ0) is 12.7. The highest BCUT2D eigenvalue weighted by Gasteiger charge is 2.15. The van der Waals surface area contributed by atoms with Crippen LogP contribution >= 0.6 is 11.3 Å². The van der Waals surface area contributed by atoms with Gasteiger partial charge in [-0.2, -0.15) is 0 Å². The number of hydrogen-bond acceptors (Lipinski definition) is 1. The molecule has 1 heterocycles. The van der Waals surface area contributed by atoms with Crippen molar-refractivity contribution in [1.82, 2.24) is 0 Å². The summed E-state index contributed by atoms with van der Waals surface area (Å²) in [6.07, 6.45) is 6.99. The van der Waals surface area contributed by atoms with Crippen LogP contribution in [0.15, 0.2) is 54.6 Å². The van der Waals surface area contributed by atoms with Crippen molar-refractivity contribution in [3.63, 3.8) is 0 Å². The van der Waals surface area contributed by atoms with E-state index in [-0.39, 0.29) is 0 Å². The molecule has 92 valence electrons. The summed E-state index contributed by atoms with van der Waals surface area (Å²) in [5.74, 6) is 0. The summed E-state index contributed by atoms with van der Waals surface area (Å²) in [5.41, 5.74) is 4.13. The van der Waals surface area contributed by atoms with Gasteiger partial charge in [-0.1, -0.05) is 54.6 Å². The first kappa shape index (κ1) is 11.0. The van der Waals surface area contributed by atoms with Gasteiger partial charge in [0, 0.05) is 15.0 Å². The van der Waals surface area contributed by atoms with E-state index in [4.69, 9.17) is 0 Å². The Bertz CT molecular complexity index is 763. The molecule has 19 heavy (non-hydrogen) atoms. The van der Waals surface area contributed by atoms with Gasteiger partial charge >= 0.3 is 0 Å². The fraction of sp³-hybridized carbons (Fsp3) is 0.111. The molecule has 1 heteroatoms. The van der Waals surface area contributed by atoms with Crippen molar-refractivity contribution in [2.24, 2.45) is 0 Å². The maximum Gasteiger partial charge on any atom is 0.0358 e. The molecule has 0 N–H and O–H groups in total. The Labute approximate surface area is 117 Å². The number of rotatable bonds is 1. The standard InChI is InChI=1S/C18H14S/c1-2-7-13(8-3-1)14-10-6-12-17-18(14)15-9-4-5-11-16(15)19-17/h1-4,6-10,12H,5,11H2. The topological polar surface area (TPSA) is 0 Å². The van der Waals surface area contributed by atoms with Gasteiger partial charge in [0.2, 0.25) is 0 Å². The van der Waals surface area contributed by atoms with Crippen LogP contribution in [0.2, 0.25) is 0 Å². The molecule has 0 fully saturated rings. The second kappa shape index (κ2) is 4.36. The molecular weight excluding hydrogens is 248 g/mol. The van der Waals surface area contributed by atoms with Crippen LogP contribution < -0.4 is 0 Å². The van der Waals surface area contributed by atoms with E-state index in [0.717, 1.165) is 0 Å². The zero-order valence-corrected chi connectivity index (χ0v) is 11.4. The summed E-state index contributed by atoms with van der Waals surface area (Å²) in [6.45, 7) is 0. The van der Waals surface area contributed by atoms with Crippen LogP contribution in [-0.2, 0) is 6.42 Å². The second-order valence-corrected chi connectivity index (χ2v) is 6.06. The normalized spacial score (nSPS) is 13.7. The molecule has 0 nitrogen and oxygen atoms in total. The fourth-order valence-electron chi connectivity index (χ4n) is 2.86. The molecular formula is C18H14S. The molecule has 0 bridgehead atoms. The molecule has 0 atom stereocenters. The van der Waals surface area contributed by atoms with E-state index in [1.807, 2.05) is 11.3 Å². The van der Waals surface area contributed by atoms with Gasteiger partial charge in [0.05, 0.1) is 0 Å². The van der Waals surface area contributed by atoms with Gasteiger partial charge in [0.25, 0.3) is 0 Å². The SMILES string of the molecule is C1=Cc2c(sc3cccc(-c4ccccc4)c23)CC1. The first-order chi connectivity index (χ1) is 9.43. The third-order valence-electron chi connectivity index (χ3n) is 3.74. The van der Waals surface area contributed by atoms with Crippen molar-refractivity contribution in [2.45, 2.75) is 12.8 Å². The molecule has 0 saturated carbocycles. The van der Waals surface area contributed by atoms with E-state index in [9.17, 15) is 0 Å². The summed E-state index contributed by atoms with van der Waals surface area (Å²) >= 11 is 1.96. The number of fused-ring (bicyclic) bond motifs is 3. The molecule has 4 rings (SSSR count). The summed E-state index contributed by atoms with van der Waals surface area (Å²) in [5, 5.41) is 1.43. The number of aryl methyl sites for hydroxylation is 1. The second-order valence-electron chi connectivity index (χ2n) is 4.92. The molecule has 2 aromatic carbocycles. The Morgan fingerprint density at radius 3 is 2.68 bits per heavy atom. The zero-order valence-electron chi connectivity index (χ0n) is 10.6. The van der Waals surface area contributed by atoms with Crippen molar-refractivity contribution in [3.05, 3.63) is 65.0 Å². The van der Waals surface area contributed by atoms with Crippen LogP contribution in [-0.4, -0.2) is 0 Å². The monoisotopic (exact) mass is 262 g/mol. The highest BCUT2D eigenvalue weighted by molar-refractivity contribution is 7.19. The minimum Gasteiger partial charge on any atom is -0.140 e. The first-order valence-corrected chi connectivity index (χ1v) is 7.51. The van der Waals surface area contributed by atoms with Crippen LogP contribution in [0.4, 0.5) is 0 Å². The molecule has 0 unspecified atom stereocenters. The van der Waals surface area contributed by atoms with Crippen LogP contribution in [0.25, 0.3) is 27.3 Å². The van der Waals surface area contributed by atoms with Crippen molar-refractivity contribution in [3.8, 4) is 11.1 Å². The average Bonchev–Trinajstić information content (AvgIpc) is 2.86. The van der Waals surface area contributed by atoms with Gasteiger partial charge in [-0.05, 0) is 35.6 Å². The maximum atomic E-state index is 2.31. The van der Waals surface area contributed by atoms with E-state index in [2.05, 4.69) is 60.7 Å². The number of hydrogen-bond donors (Lipinski definition) is 0. The number of thiophene rings is 1. The van der Waals surface area contributed by atoms with Gasteiger partial charge in [0.1, 0.15) is 0 Å². The van der Waals surface area contributed by atoms with E-state index in [0.29, 0.717) is 0 Å². The molecule has 0 radical (unpaired) electrons. The van der Waals surface area contributed by atoms with Crippen LogP contribution in [0, 0.1) is 0 Å². The highest BCUT2D eigenvalue weighted by atomic mass is 32.1. The molecule has 0 amide bonds. The Kier molecular flexibility index (Phi) is 2.52. The van der Waals surface area contributed by atoms with Crippen LogP contribution in [0.5, 0.6) is 0 Å². The predicted octanol–water partition coefficient (Wildman–Crippen LogP) is 5.53. The molecule has 0 aliphatic heterocycles. The van der Waals surface area contributed by atoms with Gasteiger partial charge in [-0.3, -0.25) is 0 Å². The Morgan fingerprint density at radius 1 is 0.895 bits per heavy atom. The van der Waals surface area contributed by atoms with Crippen LogP contribution in [0.3, 0.4) is 0 Å². The Hall–Kier alpha value is -1.86. The third-order valence-corrected chi connectivity index (χ3v) is 4.97. The summed E-state index contributed by atoms with van der Waals surface area (Å²) in [4.78, 5) is 1.54. The van der Waals surface area contributed by atoms with Crippen molar-refractivity contribution in [1.29, 1.82) is 0 Å². The highest BCUT2D eigenvalue weighted by Crippen LogP contribution is 2.40. The molecule has 0 saturated heterocycles. The van der Waals surface area contributed by atoms with E-state index >= 15 is 0 Å². The third kappa shape index (κ3) is 1.73. The smallest absolute Gasteiger partial charge is 0.0358 e. The van der Waals surface area contributed by atoms with Gasteiger partial charge in [-0.25, -0.2) is 0 Å². The quantitative estimate of drug-likeness (QED) is 0.541. The summed E-state index contributed by atoms with van der Waals surface area (Å²) in [6, 6.07) is 17.4. The molecule has 3 aromatic rings. The number of benzene rings is 2. The van der Waals surface area contributed by atoms with E-state index in [1.165, 1.54) is 39.6 Å². The Morgan fingerprint density at radius 2 is 1.79 bits per heavy atom. The minimum absolute atomic E-state index is 1.18.